The van der Waals surface area contributed by atoms with Crippen LogP contribution < -0.4 is 11.1 Å². The number of carbonyl (C=O) groups excluding carboxylic acids is 2. The largest absolute Gasteiger partial charge is 0.444 e. The van der Waals surface area contributed by atoms with Crippen LogP contribution >= 0.6 is 0 Å². The first-order chi connectivity index (χ1) is 8.85. The molecule has 0 saturated carbocycles. The van der Waals surface area contributed by atoms with Crippen molar-refractivity contribution in [3.63, 3.8) is 0 Å². The van der Waals surface area contributed by atoms with E-state index in [1.807, 2.05) is 0 Å². The number of ether oxygens (including phenoxy) is 1. The molecule has 0 spiro atoms. The zero-order chi connectivity index (χ0) is 15.8. The molecule has 116 valence electrons. The molecule has 3 N–H and O–H groups in total. The molecule has 6 nitrogen and oxygen atoms in total. The smallest absolute Gasteiger partial charge is 0.410 e. The number of nitrogens with one attached hydrogen (secondary N) is 1. The first-order valence-corrected chi connectivity index (χ1v) is 5.94. The zero-order valence-corrected chi connectivity index (χ0v) is 11.5. The van der Waals surface area contributed by atoms with Crippen molar-refractivity contribution in [1.82, 2.24) is 10.2 Å². The third-order valence-corrected chi connectivity index (χ3v) is 2.67. The molecule has 0 unspecified atom stereocenters. The summed E-state index contributed by atoms with van der Waals surface area (Å²) < 4.78 is 41.5. The van der Waals surface area contributed by atoms with Gasteiger partial charge in [0.15, 0.2) is 0 Å². The number of carbonyl (C=O) groups is 2. The number of amides is 2. The third kappa shape index (κ3) is 4.26. The molecule has 1 saturated heterocycles. The van der Waals surface area contributed by atoms with E-state index in [4.69, 9.17) is 10.5 Å². The number of hydrogen-bond donors (Lipinski definition) is 2. The average Bonchev–Trinajstić information content (AvgIpc) is 2.09. The summed E-state index contributed by atoms with van der Waals surface area (Å²) in [6, 6.07) is 0. The summed E-state index contributed by atoms with van der Waals surface area (Å²) >= 11 is 0. The molecular weight excluding hydrogens is 279 g/mol. The molecule has 1 aliphatic heterocycles. The van der Waals surface area contributed by atoms with Crippen LogP contribution in [0.3, 0.4) is 0 Å². The molecule has 1 aliphatic rings. The molecule has 0 aromatic rings. The lowest BCUT2D eigenvalue weighted by Gasteiger charge is -2.48. The minimum Gasteiger partial charge on any atom is -0.444 e. The van der Waals surface area contributed by atoms with Gasteiger partial charge in [0.05, 0.1) is 19.6 Å². The lowest BCUT2D eigenvalue weighted by Crippen LogP contribution is -2.76. The van der Waals surface area contributed by atoms with Gasteiger partial charge in [-0.1, -0.05) is 0 Å². The Morgan fingerprint density at radius 2 is 1.80 bits per heavy atom. The molecular formula is C11H18F3N3O3. The highest BCUT2D eigenvalue weighted by atomic mass is 19.4. The Bertz CT molecular complexity index is 398. The van der Waals surface area contributed by atoms with Crippen molar-refractivity contribution < 1.29 is 27.5 Å². The number of alkyl halides is 3. The summed E-state index contributed by atoms with van der Waals surface area (Å²) in [4.78, 5) is 24.1. The molecule has 0 bridgehead atoms. The average molecular weight is 297 g/mol. The summed E-state index contributed by atoms with van der Waals surface area (Å²) in [5, 5.41) is 2.07. The summed E-state index contributed by atoms with van der Waals surface area (Å²) in [7, 11) is 0. The Morgan fingerprint density at radius 3 is 2.15 bits per heavy atom. The van der Waals surface area contributed by atoms with E-state index < -0.39 is 35.9 Å². The van der Waals surface area contributed by atoms with E-state index >= 15 is 0 Å². The van der Waals surface area contributed by atoms with E-state index in [0.29, 0.717) is 0 Å². The molecule has 0 aromatic carbocycles. The number of hydrogen-bond acceptors (Lipinski definition) is 4. The van der Waals surface area contributed by atoms with Gasteiger partial charge in [0.25, 0.3) is 0 Å². The maximum absolute atomic E-state index is 12.2. The Hall–Kier alpha value is -1.51. The van der Waals surface area contributed by atoms with Gasteiger partial charge < -0.3 is 15.4 Å². The standard InChI is InChI=1S/C11H18F3N3O3/c1-9(2,3)20-8(19)17-5-10(6-17,7(15)18)16-4-11(12,13)14/h16H,4-6H2,1-3H3,(H2,15,18). The van der Waals surface area contributed by atoms with Crippen LogP contribution in [0.25, 0.3) is 0 Å². The highest BCUT2D eigenvalue weighted by Crippen LogP contribution is 2.25. The van der Waals surface area contributed by atoms with Crippen LogP contribution in [0.2, 0.25) is 0 Å². The summed E-state index contributed by atoms with van der Waals surface area (Å²) in [5.74, 6) is -0.929. The topological polar surface area (TPSA) is 84.7 Å². The van der Waals surface area contributed by atoms with Crippen molar-refractivity contribution in [2.75, 3.05) is 19.6 Å². The van der Waals surface area contributed by atoms with Crippen molar-refractivity contribution >= 4 is 12.0 Å². The first kappa shape index (κ1) is 16.5. The van der Waals surface area contributed by atoms with Crippen LogP contribution in [-0.4, -0.2) is 53.9 Å². The van der Waals surface area contributed by atoms with Crippen LogP contribution in [0.4, 0.5) is 18.0 Å². The molecule has 1 rings (SSSR count). The van der Waals surface area contributed by atoms with E-state index in [9.17, 15) is 22.8 Å². The summed E-state index contributed by atoms with van der Waals surface area (Å²) in [5.41, 5.74) is 2.83. The summed E-state index contributed by atoms with van der Waals surface area (Å²) in [6.07, 6.45) is -5.16. The quantitative estimate of drug-likeness (QED) is 0.799. The van der Waals surface area contributed by atoms with Gasteiger partial charge in [0, 0.05) is 0 Å². The third-order valence-electron chi connectivity index (χ3n) is 2.67. The molecule has 1 heterocycles. The Labute approximate surface area is 114 Å². The monoisotopic (exact) mass is 297 g/mol. The van der Waals surface area contributed by atoms with Crippen LogP contribution in [0, 0.1) is 0 Å². The highest BCUT2D eigenvalue weighted by Gasteiger charge is 2.52. The van der Waals surface area contributed by atoms with Crippen molar-refractivity contribution in [3.05, 3.63) is 0 Å². The molecule has 1 fully saturated rings. The van der Waals surface area contributed by atoms with E-state index in [1.54, 1.807) is 20.8 Å². The highest BCUT2D eigenvalue weighted by molar-refractivity contribution is 5.88. The molecule has 0 radical (unpaired) electrons. The lowest BCUT2D eigenvalue weighted by molar-refractivity contribution is -0.143. The number of rotatable bonds is 3. The van der Waals surface area contributed by atoms with Crippen LogP contribution in [-0.2, 0) is 9.53 Å². The molecule has 0 aromatic heterocycles. The van der Waals surface area contributed by atoms with Gasteiger partial charge >= 0.3 is 12.3 Å². The maximum atomic E-state index is 12.2. The Balaban J connectivity index is 2.59. The van der Waals surface area contributed by atoms with Crippen molar-refractivity contribution in [1.29, 1.82) is 0 Å². The minimum absolute atomic E-state index is 0.243. The van der Waals surface area contributed by atoms with Gasteiger partial charge in [-0.3, -0.25) is 10.1 Å². The second-order valence-electron chi connectivity index (χ2n) is 5.75. The predicted octanol–water partition coefficient (Wildman–Crippen LogP) is 0.613. The van der Waals surface area contributed by atoms with E-state index in [2.05, 4.69) is 5.32 Å². The Morgan fingerprint density at radius 1 is 1.30 bits per heavy atom. The van der Waals surface area contributed by atoms with Crippen LogP contribution in [0.5, 0.6) is 0 Å². The number of primary amides is 1. The number of likely N-dealkylation sites (tertiary alicyclic amines) is 1. The molecule has 20 heavy (non-hydrogen) atoms. The van der Waals surface area contributed by atoms with E-state index in [-0.39, 0.29) is 13.1 Å². The first-order valence-electron chi connectivity index (χ1n) is 5.94. The fourth-order valence-corrected chi connectivity index (χ4v) is 1.69. The second-order valence-corrected chi connectivity index (χ2v) is 5.75. The zero-order valence-electron chi connectivity index (χ0n) is 11.5. The number of nitrogens with two attached hydrogens (primary N) is 1. The van der Waals surface area contributed by atoms with Crippen LogP contribution in [0.1, 0.15) is 20.8 Å². The summed E-state index contributed by atoms with van der Waals surface area (Å²) in [6.45, 7) is 3.15. The van der Waals surface area contributed by atoms with Gasteiger partial charge in [0.2, 0.25) is 5.91 Å². The van der Waals surface area contributed by atoms with Crippen molar-refractivity contribution in [2.45, 2.75) is 38.1 Å². The molecule has 9 heteroatoms. The van der Waals surface area contributed by atoms with E-state index in [1.165, 1.54) is 0 Å². The van der Waals surface area contributed by atoms with Gasteiger partial charge in [-0.25, -0.2) is 4.79 Å². The van der Waals surface area contributed by atoms with Crippen LogP contribution in [0.15, 0.2) is 0 Å². The number of nitrogens with zero attached hydrogens (tertiary/aromatic N) is 1. The van der Waals surface area contributed by atoms with Gasteiger partial charge in [-0.05, 0) is 20.8 Å². The van der Waals surface area contributed by atoms with Gasteiger partial charge in [-0.2, -0.15) is 13.2 Å². The fraction of sp³-hybridized carbons (Fsp3) is 0.818. The SMILES string of the molecule is CC(C)(C)OC(=O)N1CC(NCC(F)(F)F)(C(N)=O)C1. The maximum Gasteiger partial charge on any atom is 0.410 e. The predicted molar refractivity (Wildman–Crippen MR) is 63.8 cm³/mol. The van der Waals surface area contributed by atoms with Crippen molar-refractivity contribution in [3.8, 4) is 0 Å². The second kappa shape index (κ2) is 5.12. The Kier molecular flexibility index (Phi) is 4.23. The fourth-order valence-electron chi connectivity index (χ4n) is 1.69. The molecule has 0 atom stereocenters. The van der Waals surface area contributed by atoms with Gasteiger partial charge in [0.1, 0.15) is 11.1 Å². The number of halogens is 3. The van der Waals surface area contributed by atoms with Crippen molar-refractivity contribution in [2.24, 2.45) is 5.73 Å². The van der Waals surface area contributed by atoms with E-state index in [0.717, 1.165) is 4.90 Å². The molecule has 2 amide bonds. The molecule has 0 aliphatic carbocycles. The minimum atomic E-state index is -4.46. The lowest BCUT2D eigenvalue weighted by atomic mass is 9.89. The van der Waals surface area contributed by atoms with Gasteiger partial charge in [-0.15, -0.1) is 0 Å². The normalized spacial score (nSPS) is 18.4.